The van der Waals surface area contributed by atoms with Crippen LogP contribution in [0.25, 0.3) is 0 Å². The number of carbonyl (C=O) groups is 1. The third-order valence-electron chi connectivity index (χ3n) is 4.07. The van der Waals surface area contributed by atoms with Gasteiger partial charge in [-0.25, -0.2) is 13.4 Å². The molecule has 2 N–H and O–H groups in total. The molecule has 0 unspecified atom stereocenters. The molecule has 3 rings (SSSR count). The molecule has 9 heteroatoms. The molecule has 1 saturated heterocycles. The molecule has 3 heterocycles. The number of sulfone groups is 1. The Morgan fingerprint density at radius 3 is 3.05 bits per heavy atom. The molecule has 2 aliphatic heterocycles. The molecule has 0 aliphatic carbocycles. The smallest absolute Gasteiger partial charge is 0.271 e. The van der Waals surface area contributed by atoms with Crippen LogP contribution >= 0.6 is 0 Å². The van der Waals surface area contributed by atoms with Gasteiger partial charge in [0.15, 0.2) is 9.84 Å². The van der Waals surface area contributed by atoms with E-state index in [2.05, 4.69) is 15.6 Å². The highest BCUT2D eigenvalue weighted by atomic mass is 32.2. The molecule has 0 aromatic carbocycles. The van der Waals surface area contributed by atoms with Crippen molar-refractivity contribution in [1.29, 1.82) is 0 Å². The van der Waals surface area contributed by atoms with Crippen LogP contribution < -0.4 is 10.6 Å². The lowest BCUT2D eigenvalue weighted by Gasteiger charge is -2.17. The lowest BCUT2D eigenvalue weighted by Crippen LogP contribution is -2.43. The van der Waals surface area contributed by atoms with Crippen LogP contribution in [0.4, 0.5) is 0 Å². The van der Waals surface area contributed by atoms with Crippen LogP contribution in [0.3, 0.4) is 0 Å². The minimum absolute atomic E-state index is 0.0557. The molecule has 1 aromatic heterocycles. The number of carbonyl (C=O) groups excluding carboxylic acids is 1. The second-order valence-electron chi connectivity index (χ2n) is 5.67. The van der Waals surface area contributed by atoms with E-state index in [-0.39, 0.29) is 17.4 Å². The summed E-state index contributed by atoms with van der Waals surface area (Å²) in [7, 11) is -1.71. The van der Waals surface area contributed by atoms with Crippen molar-refractivity contribution in [2.24, 2.45) is 0 Å². The molecule has 1 fully saturated rings. The highest BCUT2D eigenvalue weighted by Gasteiger charge is 2.39. The summed E-state index contributed by atoms with van der Waals surface area (Å²) < 4.78 is 30.5. The van der Waals surface area contributed by atoms with Crippen LogP contribution in [-0.4, -0.2) is 67.7 Å². The normalized spacial score (nSPS) is 27.1. The second kappa shape index (κ2) is 5.98. The molecule has 2 atom stereocenters. The van der Waals surface area contributed by atoms with Gasteiger partial charge in [0, 0.05) is 39.4 Å². The Labute approximate surface area is 129 Å². The maximum absolute atomic E-state index is 12.3. The zero-order valence-corrected chi connectivity index (χ0v) is 13.2. The average Bonchev–Trinajstić information content (AvgIpc) is 2.92. The van der Waals surface area contributed by atoms with E-state index < -0.39 is 22.0 Å². The average molecular weight is 328 g/mol. The fourth-order valence-electron chi connectivity index (χ4n) is 2.91. The molecular weight excluding hydrogens is 308 g/mol. The van der Waals surface area contributed by atoms with Crippen LogP contribution in [-0.2, 0) is 27.5 Å². The molecule has 22 heavy (non-hydrogen) atoms. The molecule has 2 aliphatic rings. The molecule has 0 saturated carbocycles. The van der Waals surface area contributed by atoms with Crippen LogP contribution in [0, 0.1) is 0 Å². The van der Waals surface area contributed by atoms with E-state index >= 15 is 0 Å². The number of rotatable bonds is 3. The summed E-state index contributed by atoms with van der Waals surface area (Å²) in [6.45, 7) is 2.45. The van der Waals surface area contributed by atoms with Crippen molar-refractivity contribution in [2.75, 3.05) is 31.7 Å². The lowest BCUT2D eigenvalue weighted by molar-refractivity contribution is 0.0783. The van der Waals surface area contributed by atoms with E-state index in [1.807, 2.05) is 4.57 Å². The van der Waals surface area contributed by atoms with Gasteiger partial charge in [0.1, 0.15) is 11.5 Å². The number of hydrogen-bond acceptors (Lipinski definition) is 6. The summed E-state index contributed by atoms with van der Waals surface area (Å²) in [6.07, 6.45) is 1.99. The van der Waals surface area contributed by atoms with Crippen LogP contribution in [0.1, 0.15) is 16.3 Å². The van der Waals surface area contributed by atoms with Crippen molar-refractivity contribution in [1.82, 2.24) is 20.2 Å². The molecule has 1 amide bonds. The van der Waals surface area contributed by atoms with Gasteiger partial charge in [-0.05, 0) is 0 Å². The van der Waals surface area contributed by atoms with E-state index in [0.29, 0.717) is 5.69 Å². The van der Waals surface area contributed by atoms with Crippen LogP contribution in [0.15, 0.2) is 6.20 Å². The van der Waals surface area contributed by atoms with E-state index in [1.165, 1.54) is 7.11 Å². The number of hydrogen-bond donors (Lipinski definition) is 2. The van der Waals surface area contributed by atoms with Gasteiger partial charge >= 0.3 is 0 Å². The quantitative estimate of drug-likeness (QED) is 0.705. The molecule has 122 valence electrons. The fraction of sp³-hybridized carbons (Fsp3) is 0.692. The minimum atomic E-state index is -3.17. The first-order chi connectivity index (χ1) is 10.5. The topological polar surface area (TPSA) is 102 Å². The van der Waals surface area contributed by atoms with Gasteiger partial charge in [0.25, 0.3) is 5.91 Å². The number of fused-ring (bicyclic) bond motifs is 1. The number of nitrogens with one attached hydrogen (secondary N) is 2. The maximum Gasteiger partial charge on any atom is 0.271 e. The van der Waals surface area contributed by atoms with Gasteiger partial charge < -0.3 is 19.9 Å². The van der Waals surface area contributed by atoms with E-state index in [9.17, 15) is 13.2 Å². The van der Waals surface area contributed by atoms with Gasteiger partial charge in [0.05, 0.1) is 23.7 Å². The Morgan fingerprint density at radius 1 is 1.45 bits per heavy atom. The summed E-state index contributed by atoms with van der Waals surface area (Å²) in [5.74, 6) is 0.379. The Hall–Kier alpha value is -1.45. The van der Waals surface area contributed by atoms with Crippen molar-refractivity contribution in [3.63, 3.8) is 0 Å². The van der Waals surface area contributed by atoms with Gasteiger partial charge in [-0.1, -0.05) is 0 Å². The zero-order valence-electron chi connectivity index (χ0n) is 12.4. The fourth-order valence-corrected chi connectivity index (χ4v) is 4.76. The number of imidazole rings is 1. The van der Waals surface area contributed by atoms with E-state index in [4.69, 9.17) is 4.74 Å². The molecule has 0 spiro atoms. The largest absolute Gasteiger partial charge is 0.378 e. The minimum Gasteiger partial charge on any atom is -0.378 e. The number of amides is 1. The first kappa shape index (κ1) is 15.4. The molecule has 1 aromatic rings. The Balaban J connectivity index is 1.72. The van der Waals surface area contributed by atoms with Crippen molar-refractivity contribution in [2.45, 2.75) is 25.1 Å². The predicted molar refractivity (Wildman–Crippen MR) is 79.5 cm³/mol. The predicted octanol–water partition coefficient (Wildman–Crippen LogP) is -1.43. The lowest BCUT2D eigenvalue weighted by atomic mass is 10.2. The van der Waals surface area contributed by atoms with E-state index in [0.717, 1.165) is 31.9 Å². The Kier molecular flexibility index (Phi) is 4.20. The number of nitrogens with zero attached hydrogens (tertiary/aromatic N) is 2. The standard InChI is InChI=1S/C13H20N4O4S/c1-21-11-8-22(19,20)7-10(11)16-13(18)9-6-17-5-4-14-3-2-12(17)15-9/h6,10-11,14H,2-5,7-8H2,1H3,(H,16,18)/t10-,11-/m1/s1. The molecule has 0 radical (unpaired) electrons. The third kappa shape index (κ3) is 3.16. The summed E-state index contributed by atoms with van der Waals surface area (Å²) >= 11 is 0. The SMILES string of the molecule is CO[C@@H]1CS(=O)(=O)C[C@H]1NC(=O)c1cn2c(n1)CCNCC2. The van der Waals surface area contributed by atoms with Gasteiger partial charge in [0.2, 0.25) is 0 Å². The highest BCUT2D eigenvalue weighted by molar-refractivity contribution is 7.91. The van der Waals surface area contributed by atoms with E-state index in [1.54, 1.807) is 6.20 Å². The summed E-state index contributed by atoms with van der Waals surface area (Å²) in [5, 5.41) is 6.01. The first-order valence-electron chi connectivity index (χ1n) is 7.29. The monoisotopic (exact) mass is 328 g/mol. The number of ether oxygens (including phenoxy) is 1. The van der Waals surface area contributed by atoms with Crippen LogP contribution in [0.2, 0.25) is 0 Å². The molecule has 8 nitrogen and oxygen atoms in total. The third-order valence-corrected chi connectivity index (χ3v) is 5.77. The van der Waals surface area contributed by atoms with Gasteiger partial charge in [-0.2, -0.15) is 0 Å². The second-order valence-corrected chi connectivity index (χ2v) is 7.82. The van der Waals surface area contributed by atoms with Crippen molar-refractivity contribution in [3.05, 3.63) is 17.7 Å². The van der Waals surface area contributed by atoms with Gasteiger partial charge in [-0.15, -0.1) is 0 Å². The molecule has 0 bridgehead atoms. The van der Waals surface area contributed by atoms with Crippen molar-refractivity contribution < 1.29 is 17.9 Å². The molecular formula is C13H20N4O4S. The summed E-state index contributed by atoms with van der Waals surface area (Å²) in [5.41, 5.74) is 0.330. The van der Waals surface area contributed by atoms with Crippen molar-refractivity contribution >= 4 is 15.7 Å². The number of aromatic nitrogens is 2. The van der Waals surface area contributed by atoms with Crippen molar-refractivity contribution in [3.8, 4) is 0 Å². The Bertz CT molecular complexity index is 646. The first-order valence-corrected chi connectivity index (χ1v) is 9.11. The number of methoxy groups -OCH3 is 1. The maximum atomic E-state index is 12.3. The summed E-state index contributed by atoms with van der Waals surface area (Å²) in [6, 6.07) is -0.523. The Morgan fingerprint density at radius 2 is 2.27 bits per heavy atom. The zero-order chi connectivity index (χ0) is 15.7. The van der Waals surface area contributed by atoms with Crippen LogP contribution in [0.5, 0.6) is 0 Å². The van der Waals surface area contributed by atoms with Gasteiger partial charge in [-0.3, -0.25) is 4.79 Å². The highest BCUT2D eigenvalue weighted by Crippen LogP contribution is 2.16. The summed E-state index contributed by atoms with van der Waals surface area (Å²) in [4.78, 5) is 16.7.